The predicted molar refractivity (Wildman–Crippen MR) is 112 cm³/mol. The summed E-state index contributed by atoms with van der Waals surface area (Å²) in [6.07, 6.45) is 1.66. The second-order valence-electron chi connectivity index (χ2n) is 7.08. The van der Waals surface area contributed by atoms with Crippen molar-refractivity contribution in [3.05, 3.63) is 69.1 Å². The fraction of sp³-hybridized carbons (Fsp3) is 0.429. The van der Waals surface area contributed by atoms with Crippen molar-refractivity contribution in [1.82, 2.24) is 14.4 Å². The summed E-state index contributed by atoms with van der Waals surface area (Å²) in [5.41, 5.74) is 0.892. The molecule has 1 atom stereocenters. The molecule has 0 saturated carbocycles. The largest absolute Gasteiger partial charge is 0.379 e. The zero-order chi connectivity index (χ0) is 19.9. The van der Waals surface area contributed by atoms with Crippen LogP contribution in [0.15, 0.2) is 57.9 Å². The first-order valence-corrected chi connectivity index (χ1v) is 10.3. The van der Waals surface area contributed by atoms with Gasteiger partial charge in [0.15, 0.2) is 0 Å². The summed E-state index contributed by atoms with van der Waals surface area (Å²) in [5, 5.41) is 0. The van der Waals surface area contributed by atoms with E-state index >= 15 is 0 Å². The van der Waals surface area contributed by atoms with Gasteiger partial charge in [0.25, 0.3) is 5.56 Å². The minimum Gasteiger partial charge on any atom is -0.379 e. The Labute approximate surface area is 173 Å². The van der Waals surface area contributed by atoms with Crippen LogP contribution in [0, 0.1) is 0 Å². The Morgan fingerprint density at radius 3 is 2.61 bits per heavy atom. The number of pyridine rings is 1. The first kappa shape index (κ1) is 20.8. The smallest absolute Gasteiger partial charge is 0.251 e. The molecule has 2 heterocycles. The quantitative estimate of drug-likeness (QED) is 0.653. The van der Waals surface area contributed by atoms with Crippen molar-refractivity contribution in [1.29, 1.82) is 0 Å². The normalized spacial score (nSPS) is 15.9. The van der Waals surface area contributed by atoms with E-state index < -0.39 is 0 Å². The van der Waals surface area contributed by atoms with Crippen molar-refractivity contribution < 1.29 is 9.53 Å². The minimum atomic E-state index is -0.183. The molecule has 28 heavy (non-hydrogen) atoms. The summed E-state index contributed by atoms with van der Waals surface area (Å²) in [5.74, 6) is -0.0650. The predicted octanol–water partition coefficient (Wildman–Crippen LogP) is 2.36. The van der Waals surface area contributed by atoms with Crippen molar-refractivity contribution in [2.45, 2.75) is 26.1 Å². The van der Waals surface area contributed by atoms with E-state index in [2.05, 4.69) is 27.8 Å². The van der Waals surface area contributed by atoms with Gasteiger partial charge in [0, 0.05) is 49.0 Å². The molecule has 0 radical (unpaired) electrons. The number of ether oxygens (including phenoxy) is 1. The van der Waals surface area contributed by atoms with Gasteiger partial charge in [-0.3, -0.25) is 14.5 Å². The summed E-state index contributed by atoms with van der Waals surface area (Å²) in [6.45, 7) is 6.62. The zero-order valence-corrected chi connectivity index (χ0v) is 17.7. The molecule has 6 nitrogen and oxygen atoms in total. The van der Waals surface area contributed by atoms with Gasteiger partial charge in [-0.05, 0) is 34.5 Å². The van der Waals surface area contributed by atoms with Crippen LogP contribution >= 0.6 is 15.9 Å². The van der Waals surface area contributed by atoms with Crippen molar-refractivity contribution >= 4 is 21.8 Å². The van der Waals surface area contributed by atoms with Crippen molar-refractivity contribution in [2.24, 2.45) is 0 Å². The standard InChI is InChI=1S/C21H26BrN3O3/c1-17(13-23-9-11-28-12-10-23)25(14-18-5-3-2-4-6-18)21(27)16-24-15-19(22)7-8-20(24)26/h2-8,15,17H,9-14,16H2,1H3. The Bertz CT molecular complexity index is 834. The van der Waals surface area contributed by atoms with Crippen LogP contribution < -0.4 is 5.56 Å². The van der Waals surface area contributed by atoms with E-state index in [-0.39, 0.29) is 24.1 Å². The molecule has 0 N–H and O–H groups in total. The summed E-state index contributed by atoms with van der Waals surface area (Å²) < 4.78 is 7.65. The van der Waals surface area contributed by atoms with Crippen molar-refractivity contribution in [2.75, 3.05) is 32.8 Å². The molecule has 1 aliphatic heterocycles. The molecule has 1 aliphatic rings. The summed E-state index contributed by atoms with van der Waals surface area (Å²) in [4.78, 5) is 29.5. The van der Waals surface area contributed by atoms with Gasteiger partial charge < -0.3 is 14.2 Å². The molecular formula is C21H26BrN3O3. The maximum Gasteiger partial charge on any atom is 0.251 e. The molecule has 1 amide bonds. The van der Waals surface area contributed by atoms with Crippen LogP contribution in [-0.2, 0) is 22.6 Å². The fourth-order valence-corrected chi connectivity index (χ4v) is 3.77. The molecule has 0 spiro atoms. The van der Waals surface area contributed by atoms with Gasteiger partial charge in [-0.2, -0.15) is 0 Å². The molecule has 150 valence electrons. The highest BCUT2D eigenvalue weighted by Gasteiger charge is 2.24. The van der Waals surface area contributed by atoms with E-state index in [1.807, 2.05) is 35.2 Å². The van der Waals surface area contributed by atoms with E-state index in [4.69, 9.17) is 4.74 Å². The van der Waals surface area contributed by atoms with E-state index in [0.717, 1.165) is 42.9 Å². The average molecular weight is 448 g/mol. The Kier molecular flexibility index (Phi) is 7.42. The third kappa shape index (κ3) is 5.77. The van der Waals surface area contributed by atoms with Crippen LogP contribution in [0.25, 0.3) is 0 Å². The number of hydrogen-bond acceptors (Lipinski definition) is 4. The van der Waals surface area contributed by atoms with E-state index in [1.54, 1.807) is 12.3 Å². The Morgan fingerprint density at radius 1 is 1.18 bits per heavy atom. The Hall–Kier alpha value is -1.96. The zero-order valence-electron chi connectivity index (χ0n) is 16.1. The fourth-order valence-electron chi connectivity index (χ4n) is 3.39. The van der Waals surface area contributed by atoms with Gasteiger partial charge >= 0.3 is 0 Å². The highest BCUT2D eigenvalue weighted by atomic mass is 79.9. The SMILES string of the molecule is CC(CN1CCOCC1)N(Cc1ccccc1)C(=O)Cn1cc(Br)ccc1=O. The molecular weight excluding hydrogens is 422 g/mol. The molecule has 1 unspecified atom stereocenters. The molecule has 7 heteroatoms. The third-order valence-electron chi connectivity index (χ3n) is 4.93. The first-order chi connectivity index (χ1) is 13.5. The third-order valence-corrected chi connectivity index (χ3v) is 5.40. The lowest BCUT2D eigenvalue weighted by Gasteiger charge is -2.35. The van der Waals surface area contributed by atoms with E-state index in [9.17, 15) is 9.59 Å². The number of rotatable bonds is 7. The molecule has 0 bridgehead atoms. The number of halogens is 1. The van der Waals surface area contributed by atoms with Crippen LogP contribution in [0.5, 0.6) is 0 Å². The number of hydrogen-bond donors (Lipinski definition) is 0. The molecule has 3 rings (SSSR count). The number of carbonyl (C=O) groups excluding carboxylic acids is 1. The molecule has 2 aromatic rings. The Morgan fingerprint density at radius 2 is 1.89 bits per heavy atom. The summed E-state index contributed by atoms with van der Waals surface area (Å²) >= 11 is 3.37. The first-order valence-electron chi connectivity index (χ1n) is 9.52. The van der Waals surface area contributed by atoms with Gasteiger partial charge in [-0.1, -0.05) is 30.3 Å². The highest BCUT2D eigenvalue weighted by molar-refractivity contribution is 9.10. The van der Waals surface area contributed by atoms with Gasteiger partial charge in [-0.25, -0.2) is 0 Å². The van der Waals surface area contributed by atoms with Crippen molar-refractivity contribution in [3.8, 4) is 0 Å². The number of benzene rings is 1. The minimum absolute atomic E-state index is 0.0219. The number of morpholine rings is 1. The molecule has 0 aliphatic carbocycles. The van der Waals surface area contributed by atoms with Crippen LogP contribution in [-0.4, -0.2) is 59.2 Å². The number of nitrogens with zero attached hydrogens (tertiary/aromatic N) is 3. The molecule has 1 aromatic heterocycles. The number of aromatic nitrogens is 1. The van der Waals surface area contributed by atoms with Gasteiger partial charge in [0.05, 0.1) is 13.2 Å². The highest BCUT2D eigenvalue weighted by Crippen LogP contribution is 2.13. The Balaban J connectivity index is 1.76. The summed E-state index contributed by atoms with van der Waals surface area (Å²) in [7, 11) is 0. The van der Waals surface area contributed by atoms with Gasteiger partial charge in [0.1, 0.15) is 6.54 Å². The molecule has 1 fully saturated rings. The summed E-state index contributed by atoms with van der Waals surface area (Å²) in [6, 6.07) is 13.1. The van der Waals surface area contributed by atoms with Crippen LogP contribution in [0.3, 0.4) is 0 Å². The van der Waals surface area contributed by atoms with E-state index in [0.29, 0.717) is 6.54 Å². The van der Waals surface area contributed by atoms with Gasteiger partial charge in [-0.15, -0.1) is 0 Å². The maximum atomic E-state index is 13.2. The van der Waals surface area contributed by atoms with E-state index in [1.165, 1.54) is 10.6 Å². The maximum absolute atomic E-state index is 13.2. The van der Waals surface area contributed by atoms with Crippen LogP contribution in [0.2, 0.25) is 0 Å². The average Bonchev–Trinajstić information content (AvgIpc) is 2.70. The topological polar surface area (TPSA) is 54.8 Å². The lowest BCUT2D eigenvalue weighted by Crippen LogP contribution is -2.49. The number of amides is 1. The number of carbonyl (C=O) groups is 1. The lowest BCUT2D eigenvalue weighted by atomic mass is 10.1. The monoisotopic (exact) mass is 447 g/mol. The van der Waals surface area contributed by atoms with Gasteiger partial charge in [0.2, 0.25) is 5.91 Å². The van der Waals surface area contributed by atoms with Crippen LogP contribution in [0.4, 0.5) is 0 Å². The van der Waals surface area contributed by atoms with Crippen LogP contribution in [0.1, 0.15) is 12.5 Å². The molecule has 1 saturated heterocycles. The second-order valence-corrected chi connectivity index (χ2v) is 8.00. The molecule has 1 aromatic carbocycles. The lowest BCUT2D eigenvalue weighted by molar-refractivity contribution is -0.135. The van der Waals surface area contributed by atoms with Crippen molar-refractivity contribution in [3.63, 3.8) is 0 Å². The second kappa shape index (κ2) is 10.0.